The topological polar surface area (TPSA) is 0 Å². The van der Waals surface area contributed by atoms with Crippen LogP contribution in [-0.2, 0) is 54.3 Å². The van der Waals surface area contributed by atoms with Crippen molar-refractivity contribution in [1.29, 1.82) is 0 Å². The molecule has 0 bridgehead atoms. The van der Waals surface area contributed by atoms with Gasteiger partial charge in [0.2, 0.25) is 0 Å². The SMILES string of the molecule is CC(C)(C)C1=[C-]C(C)(C)c2cc3c(cc21)-c1cc2c(cc1C3)C(C)(C)C=C2C(C)(C)C.Cc1c[cH-]c(C)c1.[Cl-].[Cl-].[Zr+2]=[C](Cc1ccccc1)Cc1ccccc1. The van der Waals surface area contributed by atoms with Crippen molar-refractivity contribution in [3.05, 3.63) is 171 Å². The van der Waals surface area contributed by atoms with E-state index < -0.39 is 0 Å². The van der Waals surface area contributed by atoms with Crippen LogP contribution in [0.3, 0.4) is 0 Å². The van der Waals surface area contributed by atoms with Crippen molar-refractivity contribution in [2.75, 3.05) is 0 Å². The molecular weight excluding hydrogens is 799 g/mol. The standard InChI is InChI=1S/C31H37.C15H14.C7H9.2ClH.Zr/c1-28(2,3)26-16-30(7,8)24-12-18-11-19-13-25-23(15-21(19)20(18)14-22(24)26)27(29(4,5)6)17-31(25,9)10;1-3-8-14(9-4-1)12-7-13-15-10-5-2-6-11-15;1-6-3-4-7(2)5-6;;;/h12-16H,11H2,1-10H3;1-6,8-11H,12-13H2;3-5H,1-2H3;2*1H;/q-1;;-1;;;+2/p-2. The third-order valence-corrected chi connectivity index (χ3v) is 12.0. The van der Waals surface area contributed by atoms with Crippen molar-refractivity contribution in [1.82, 2.24) is 0 Å². The molecule has 5 aromatic carbocycles. The van der Waals surface area contributed by atoms with Crippen LogP contribution in [0.25, 0.3) is 22.3 Å². The molecule has 8 rings (SSSR count). The normalized spacial score (nSPS) is 15.2. The fourth-order valence-electron chi connectivity index (χ4n) is 8.41. The van der Waals surface area contributed by atoms with Gasteiger partial charge < -0.3 is 24.8 Å². The molecule has 0 atom stereocenters. The number of halogens is 2. The number of hydrogen-bond donors (Lipinski definition) is 0. The van der Waals surface area contributed by atoms with Crippen LogP contribution in [0.15, 0.2) is 109 Å². The molecule has 0 radical (unpaired) electrons. The average Bonchev–Trinajstić information content (AvgIpc) is 3.80. The Morgan fingerprint density at radius 2 is 1.16 bits per heavy atom. The van der Waals surface area contributed by atoms with Gasteiger partial charge in [-0.3, -0.25) is 6.08 Å². The predicted octanol–water partition coefficient (Wildman–Crippen LogP) is 7.72. The summed E-state index contributed by atoms with van der Waals surface area (Å²) in [6, 6.07) is 37.8. The molecule has 56 heavy (non-hydrogen) atoms. The van der Waals surface area contributed by atoms with Gasteiger partial charge in [0.25, 0.3) is 0 Å². The number of aryl methyl sites for hydroxylation is 2. The van der Waals surface area contributed by atoms with E-state index in [1.165, 1.54) is 77.9 Å². The molecule has 0 fully saturated rings. The van der Waals surface area contributed by atoms with Gasteiger partial charge in [0, 0.05) is 5.41 Å². The Bertz CT molecular complexity index is 2070. The Morgan fingerprint density at radius 3 is 1.59 bits per heavy atom. The van der Waals surface area contributed by atoms with Crippen molar-refractivity contribution in [3.8, 4) is 11.1 Å². The molecule has 0 saturated heterocycles. The first kappa shape index (κ1) is 45.7. The van der Waals surface area contributed by atoms with Gasteiger partial charge in [-0.2, -0.15) is 23.3 Å². The number of hydrogen-bond acceptors (Lipinski definition) is 0. The summed E-state index contributed by atoms with van der Waals surface area (Å²) in [7, 11) is 0. The molecule has 0 aromatic heterocycles. The Balaban J connectivity index is 0.000000232. The van der Waals surface area contributed by atoms with Crippen molar-refractivity contribution in [3.63, 3.8) is 0 Å². The molecule has 0 aliphatic heterocycles. The summed E-state index contributed by atoms with van der Waals surface area (Å²) >= 11 is 1.55. The van der Waals surface area contributed by atoms with E-state index in [1.54, 1.807) is 27.4 Å². The van der Waals surface area contributed by atoms with Crippen LogP contribution in [-0.4, -0.2) is 3.21 Å². The van der Waals surface area contributed by atoms with E-state index in [-0.39, 0.29) is 46.5 Å². The van der Waals surface area contributed by atoms with E-state index in [0.717, 1.165) is 19.3 Å². The zero-order valence-corrected chi connectivity index (χ0v) is 39.7. The summed E-state index contributed by atoms with van der Waals surface area (Å²) in [5, 5.41) is 0. The molecule has 0 nitrogen and oxygen atoms in total. The first-order valence-electron chi connectivity index (χ1n) is 19.8. The first-order valence-corrected chi connectivity index (χ1v) is 21.0. The van der Waals surface area contributed by atoms with Crippen LogP contribution in [0.5, 0.6) is 0 Å². The summed E-state index contributed by atoms with van der Waals surface area (Å²) in [6.45, 7) is 27.6. The number of fused-ring (bicyclic) bond motifs is 5. The Morgan fingerprint density at radius 1 is 0.661 bits per heavy atom. The maximum atomic E-state index is 3.85. The fourth-order valence-corrected chi connectivity index (χ4v) is 9.41. The second-order valence-corrected chi connectivity index (χ2v) is 20.8. The van der Waals surface area contributed by atoms with Crippen LogP contribution in [0.2, 0.25) is 0 Å². The quantitative estimate of drug-likeness (QED) is 0.160. The summed E-state index contributed by atoms with van der Waals surface area (Å²) in [5.74, 6) is 0. The molecule has 0 N–H and O–H groups in total. The minimum atomic E-state index is -0.0202. The zero-order valence-electron chi connectivity index (χ0n) is 35.8. The third kappa shape index (κ3) is 10.2. The summed E-state index contributed by atoms with van der Waals surface area (Å²) in [6.07, 6.45) is 9.64. The van der Waals surface area contributed by atoms with Crippen LogP contribution in [0.1, 0.15) is 125 Å². The molecule has 0 unspecified atom stereocenters. The molecule has 0 heterocycles. The Labute approximate surface area is 366 Å². The van der Waals surface area contributed by atoms with E-state index >= 15 is 0 Å². The molecule has 5 aromatic rings. The molecule has 3 heteroatoms. The third-order valence-electron chi connectivity index (χ3n) is 11.2. The number of allylic oxidation sites excluding steroid dienone is 4. The molecular formula is C53H60Cl2Zr-2. The first-order chi connectivity index (χ1) is 25.2. The van der Waals surface area contributed by atoms with Crippen molar-refractivity contribution >= 4 is 14.4 Å². The van der Waals surface area contributed by atoms with Crippen molar-refractivity contribution < 1.29 is 49.0 Å². The van der Waals surface area contributed by atoms with Gasteiger partial charge in [-0.25, -0.2) is 17.2 Å². The molecule has 3 aliphatic carbocycles. The van der Waals surface area contributed by atoms with Gasteiger partial charge >= 0.3 is 112 Å². The van der Waals surface area contributed by atoms with E-state index in [0.29, 0.717) is 0 Å². The molecule has 0 spiro atoms. The van der Waals surface area contributed by atoms with Gasteiger partial charge in [-0.05, 0) is 62.3 Å². The van der Waals surface area contributed by atoms with Crippen LogP contribution in [0.4, 0.5) is 0 Å². The predicted molar refractivity (Wildman–Crippen MR) is 231 cm³/mol. The van der Waals surface area contributed by atoms with Crippen molar-refractivity contribution in [2.24, 2.45) is 10.8 Å². The van der Waals surface area contributed by atoms with E-state index in [2.05, 4.69) is 198 Å². The van der Waals surface area contributed by atoms with Crippen LogP contribution in [0, 0.1) is 30.8 Å². The summed E-state index contributed by atoms with van der Waals surface area (Å²) in [5.41, 5.74) is 20.5. The number of rotatable bonds is 4. The van der Waals surface area contributed by atoms with E-state index in [1.807, 2.05) is 0 Å². The van der Waals surface area contributed by atoms with E-state index in [9.17, 15) is 0 Å². The average molecular weight is 859 g/mol. The van der Waals surface area contributed by atoms with Gasteiger partial charge in [-0.15, -0.1) is 11.6 Å². The monoisotopic (exact) mass is 856 g/mol. The van der Waals surface area contributed by atoms with E-state index in [4.69, 9.17) is 0 Å². The summed E-state index contributed by atoms with van der Waals surface area (Å²) < 4.78 is 1.60. The van der Waals surface area contributed by atoms with Crippen LogP contribution >= 0.6 is 0 Å². The fraction of sp³-hybridized carbons (Fsp3) is 0.358. The Kier molecular flexibility index (Phi) is 14.3. The molecule has 3 aliphatic rings. The second kappa shape index (κ2) is 17.5. The maximum absolute atomic E-state index is 3.85. The van der Waals surface area contributed by atoms with Gasteiger partial charge in [-0.1, -0.05) is 107 Å². The second-order valence-electron chi connectivity index (χ2n) is 19.1. The van der Waals surface area contributed by atoms with Gasteiger partial charge in [0.15, 0.2) is 0 Å². The molecule has 292 valence electrons. The minimum absolute atomic E-state index is 0. The molecule has 0 saturated carbocycles. The number of benzene rings is 4. The zero-order chi connectivity index (χ0) is 39.2. The van der Waals surface area contributed by atoms with Crippen LogP contribution < -0.4 is 24.8 Å². The molecule has 0 amide bonds. The summed E-state index contributed by atoms with van der Waals surface area (Å²) in [4.78, 5) is 0. The Hall–Kier alpha value is -2.96. The van der Waals surface area contributed by atoms with Crippen molar-refractivity contribution in [2.45, 2.75) is 113 Å². The van der Waals surface area contributed by atoms with Gasteiger partial charge in [0.1, 0.15) is 0 Å². The van der Waals surface area contributed by atoms with Gasteiger partial charge in [0.05, 0.1) is 0 Å².